The minimum absolute atomic E-state index is 0.0285. The van der Waals surface area contributed by atoms with Crippen LogP contribution in [0.15, 0.2) is 181 Å². The van der Waals surface area contributed by atoms with E-state index in [1.807, 2.05) is 12.3 Å². The molecule has 13 rings (SSSR count). The van der Waals surface area contributed by atoms with E-state index in [0.717, 1.165) is 66.8 Å². The molecule has 0 radical (unpaired) electrons. The highest BCUT2D eigenvalue weighted by atomic mass is 16.5. The Hall–Kier alpha value is -7.56. The quantitative estimate of drug-likeness (QED) is 0.150. The third kappa shape index (κ3) is 5.89. The van der Waals surface area contributed by atoms with Crippen LogP contribution in [0, 0.1) is 5.92 Å². The lowest BCUT2D eigenvalue weighted by atomic mass is 9.87. The first-order valence-electron chi connectivity index (χ1n) is 22.8. The molecule has 8 aromatic rings. The minimum Gasteiger partial charge on any atom is -0.493 e. The molecule has 1 aliphatic heterocycles. The van der Waals surface area contributed by atoms with E-state index in [-0.39, 0.29) is 12.0 Å². The van der Waals surface area contributed by atoms with E-state index in [1.54, 1.807) is 0 Å². The second kappa shape index (κ2) is 14.8. The molecule has 0 amide bonds. The van der Waals surface area contributed by atoms with E-state index < -0.39 is 0 Å². The number of aryl methyl sites for hydroxylation is 3. The molecule has 0 N–H and O–H groups in total. The molecule has 4 aliphatic carbocycles. The van der Waals surface area contributed by atoms with Crippen molar-refractivity contribution in [2.24, 2.45) is 5.92 Å². The molecule has 0 saturated carbocycles. The predicted octanol–water partition coefficient (Wildman–Crippen LogP) is 15.0. The number of benzene rings is 5. The standard InChI is InChI=1S/C60H46N2O2/c1-2-38(31-44-37-63-58-29-26-45(35-51(44)58)61-54-21-7-3-17-47(54)48-18-4-8-22-55(48)61)39-13-11-14-40(32-39)41-15-12-16-42(33-41)43-25-28-59-52(34-43)53-36-46(27-30-60(53)64-59)62-56-23-9-5-19-49(56)50-20-6-10-24-57(50)62/h2-3,5-17,19-24,26,29,31-37,51,58H,1,4,18,25,27-28,30H2/b38-31+. The summed E-state index contributed by atoms with van der Waals surface area (Å²) in [6, 6.07) is 44.3. The van der Waals surface area contributed by atoms with Gasteiger partial charge in [0.2, 0.25) is 0 Å². The van der Waals surface area contributed by atoms with Gasteiger partial charge in [-0.25, -0.2) is 0 Å². The van der Waals surface area contributed by atoms with Crippen molar-refractivity contribution in [2.45, 2.75) is 44.6 Å². The molecule has 2 atom stereocenters. The van der Waals surface area contributed by atoms with Gasteiger partial charge in [-0.3, -0.25) is 0 Å². The van der Waals surface area contributed by atoms with E-state index in [0.29, 0.717) is 0 Å². The monoisotopic (exact) mass is 826 g/mol. The van der Waals surface area contributed by atoms with E-state index in [2.05, 4.69) is 186 Å². The van der Waals surface area contributed by atoms with Crippen molar-refractivity contribution in [1.29, 1.82) is 0 Å². The first kappa shape index (κ1) is 37.0. The molecule has 5 aliphatic rings. The molecule has 3 aromatic heterocycles. The highest BCUT2D eigenvalue weighted by Crippen LogP contribution is 2.44. The molecule has 0 fully saturated rings. The lowest BCUT2D eigenvalue weighted by Gasteiger charge is -2.22. The van der Waals surface area contributed by atoms with Crippen LogP contribution in [0.3, 0.4) is 0 Å². The number of aromatic nitrogens is 2. The van der Waals surface area contributed by atoms with Gasteiger partial charge in [-0.15, -0.1) is 0 Å². The number of allylic oxidation sites excluding steroid dienone is 8. The van der Waals surface area contributed by atoms with Crippen molar-refractivity contribution in [3.05, 3.63) is 221 Å². The van der Waals surface area contributed by atoms with Crippen LogP contribution in [0.4, 0.5) is 0 Å². The highest BCUT2D eigenvalue weighted by Gasteiger charge is 2.32. The summed E-state index contributed by atoms with van der Waals surface area (Å²) in [6.45, 7) is 4.29. The van der Waals surface area contributed by atoms with Gasteiger partial charge in [0, 0.05) is 63.1 Å². The van der Waals surface area contributed by atoms with Crippen LogP contribution in [0.25, 0.3) is 84.6 Å². The zero-order valence-corrected chi connectivity index (χ0v) is 35.6. The number of fused-ring (bicyclic) bond motifs is 10. The predicted molar refractivity (Wildman–Crippen MR) is 266 cm³/mol. The SMILES string of the molecule is C=C/C(=C\C1=COC2C=CC(n3c4c(c5ccccc53)CCC=C4)=CC12)c1cccc(-c2cccc(C3=Cc4c(oc5c4C=C(n4c6ccccc6c6ccccc64)CC5)CC3)c2)c1. The second-order valence-electron chi connectivity index (χ2n) is 17.8. The minimum atomic E-state index is -0.0285. The third-order valence-corrected chi connectivity index (χ3v) is 14.2. The summed E-state index contributed by atoms with van der Waals surface area (Å²) >= 11 is 0. The number of furan rings is 1. The van der Waals surface area contributed by atoms with Crippen LogP contribution in [0.2, 0.25) is 0 Å². The van der Waals surface area contributed by atoms with E-state index in [1.165, 1.54) is 88.8 Å². The van der Waals surface area contributed by atoms with Crippen LogP contribution >= 0.6 is 0 Å². The highest BCUT2D eigenvalue weighted by molar-refractivity contribution is 6.11. The van der Waals surface area contributed by atoms with Crippen molar-refractivity contribution in [3.63, 3.8) is 0 Å². The Kier molecular flexibility index (Phi) is 8.55. The lowest BCUT2D eigenvalue weighted by Crippen LogP contribution is -2.18. The molecule has 4 heterocycles. The summed E-state index contributed by atoms with van der Waals surface area (Å²) in [7, 11) is 0. The fraction of sp³-hybridized carbons (Fsp3) is 0.133. The maximum atomic E-state index is 6.59. The normalized spacial score (nSPS) is 18.8. The molecule has 4 heteroatoms. The van der Waals surface area contributed by atoms with Gasteiger partial charge in [0.05, 0.1) is 22.8 Å². The Balaban J connectivity index is 0.803. The Morgan fingerprint density at radius 1 is 0.641 bits per heavy atom. The van der Waals surface area contributed by atoms with Crippen molar-refractivity contribution in [3.8, 4) is 11.1 Å². The van der Waals surface area contributed by atoms with E-state index in [4.69, 9.17) is 9.15 Å². The van der Waals surface area contributed by atoms with Gasteiger partial charge in [0.15, 0.2) is 0 Å². The molecule has 64 heavy (non-hydrogen) atoms. The maximum Gasteiger partial charge on any atom is 0.127 e. The summed E-state index contributed by atoms with van der Waals surface area (Å²) in [5.41, 5.74) is 19.8. The van der Waals surface area contributed by atoms with Crippen LogP contribution in [-0.2, 0) is 24.0 Å². The molecule has 2 unspecified atom stereocenters. The Labute approximate surface area is 373 Å². The Morgan fingerprint density at radius 3 is 2.12 bits per heavy atom. The number of ether oxygens (including phenoxy) is 1. The summed E-state index contributed by atoms with van der Waals surface area (Å²) < 4.78 is 17.8. The van der Waals surface area contributed by atoms with Crippen molar-refractivity contribution >= 4 is 73.5 Å². The largest absolute Gasteiger partial charge is 0.493 e. The topological polar surface area (TPSA) is 32.2 Å². The number of hydrogen-bond acceptors (Lipinski definition) is 2. The summed E-state index contributed by atoms with van der Waals surface area (Å²) in [5, 5.41) is 3.94. The zero-order valence-electron chi connectivity index (χ0n) is 35.6. The number of nitrogens with zero attached hydrogens (tertiary/aromatic N) is 2. The zero-order chi connectivity index (χ0) is 42.3. The van der Waals surface area contributed by atoms with Gasteiger partial charge < -0.3 is 18.3 Å². The fourth-order valence-corrected chi connectivity index (χ4v) is 11.1. The van der Waals surface area contributed by atoms with Crippen molar-refractivity contribution in [2.75, 3.05) is 0 Å². The van der Waals surface area contributed by atoms with Gasteiger partial charge in [-0.05, 0) is 143 Å². The van der Waals surface area contributed by atoms with Crippen LogP contribution in [-0.4, -0.2) is 15.2 Å². The lowest BCUT2D eigenvalue weighted by molar-refractivity contribution is 0.192. The van der Waals surface area contributed by atoms with Gasteiger partial charge in [-0.1, -0.05) is 110 Å². The van der Waals surface area contributed by atoms with Gasteiger partial charge in [0.25, 0.3) is 0 Å². The summed E-state index contributed by atoms with van der Waals surface area (Å²) in [4.78, 5) is 0. The van der Waals surface area contributed by atoms with Gasteiger partial charge in [-0.2, -0.15) is 0 Å². The molecule has 308 valence electrons. The average Bonchev–Trinajstić information content (AvgIpc) is 4.12. The van der Waals surface area contributed by atoms with Gasteiger partial charge in [0.1, 0.15) is 17.6 Å². The van der Waals surface area contributed by atoms with Gasteiger partial charge >= 0.3 is 0 Å². The molecular formula is C60H46N2O2. The molecular weight excluding hydrogens is 781 g/mol. The van der Waals surface area contributed by atoms with Crippen LogP contribution in [0.1, 0.15) is 64.3 Å². The maximum absolute atomic E-state index is 6.59. The molecule has 0 spiro atoms. The Morgan fingerprint density at radius 2 is 1.33 bits per heavy atom. The number of para-hydroxylation sites is 3. The second-order valence-corrected chi connectivity index (χ2v) is 17.8. The molecule has 0 bridgehead atoms. The third-order valence-electron chi connectivity index (χ3n) is 14.2. The van der Waals surface area contributed by atoms with Crippen LogP contribution < -0.4 is 0 Å². The summed E-state index contributed by atoms with van der Waals surface area (Å²) in [6.07, 6.45) is 28.2. The first-order chi connectivity index (χ1) is 31.7. The van der Waals surface area contributed by atoms with Crippen molar-refractivity contribution in [1.82, 2.24) is 9.13 Å². The van der Waals surface area contributed by atoms with E-state index in [9.17, 15) is 0 Å². The van der Waals surface area contributed by atoms with Crippen LogP contribution in [0.5, 0.6) is 0 Å². The molecule has 4 nitrogen and oxygen atoms in total. The number of hydrogen-bond donors (Lipinski definition) is 0. The fourth-order valence-electron chi connectivity index (χ4n) is 11.1. The van der Waals surface area contributed by atoms with Crippen molar-refractivity contribution < 1.29 is 9.15 Å². The number of rotatable bonds is 7. The molecule has 0 saturated heterocycles. The smallest absolute Gasteiger partial charge is 0.127 e. The molecule has 5 aromatic carbocycles. The Bertz CT molecular complexity index is 3450. The average molecular weight is 827 g/mol. The van der Waals surface area contributed by atoms with E-state index >= 15 is 0 Å². The summed E-state index contributed by atoms with van der Waals surface area (Å²) in [5.74, 6) is 2.32. The first-order valence-corrected chi connectivity index (χ1v) is 22.8.